The molecule has 0 radical (unpaired) electrons. The zero-order valence-corrected chi connectivity index (χ0v) is 10.7. The van der Waals surface area contributed by atoms with E-state index in [9.17, 15) is 4.79 Å². The Bertz CT molecular complexity index is 268. The summed E-state index contributed by atoms with van der Waals surface area (Å²) >= 11 is 0. The van der Waals surface area contributed by atoms with Gasteiger partial charge >= 0.3 is 0 Å². The first-order valence-electron chi connectivity index (χ1n) is 5.27. The van der Waals surface area contributed by atoms with Crippen molar-refractivity contribution >= 4 is 5.91 Å². The van der Waals surface area contributed by atoms with Crippen molar-refractivity contribution in [2.45, 2.75) is 41.0 Å². The van der Waals surface area contributed by atoms with Crippen LogP contribution in [0.3, 0.4) is 0 Å². The first-order valence-corrected chi connectivity index (χ1v) is 5.27. The van der Waals surface area contributed by atoms with Crippen molar-refractivity contribution in [3.63, 3.8) is 0 Å². The van der Waals surface area contributed by atoms with Gasteiger partial charge < -0.3 is 4.90 Å². The van der Waals surface area contributed by atoms with Crippen molar-refractivity contribution in [3.05, 3.63) is 0 Å². The van der Waals surface area contributed by atoms with Crippen LogP contribution in [-0.4, -0.2) is 24.4 Å². The molecule has 0 N–H and O–H groups in total. The zero-order chi connectivity index (χ0) is 12.3. The Kier molecular flexibility index (Phi) is 4.33. The molecule has 0 atom stereocenters. The Morgan fingerprint density at radius 1 is 1.27 bits per heavy atom. The van der Waals surface area contributed by atoms with Gasteiger partial charge in [-0.15, -0.1) is 0 Å². The number of hydrogen-bond acceptors (Lipinski definition) is 2. The van der Waals surface area contributed by atoms with Gasteiger partial charge in [-0.05, 0) is 25.7 Å². The van der Waals surface area contributed by atoms with Gasteiger partial charge in [0.15, 0.2) is 0 Å². The molecule has 3 heteroatoms. The molecule has 0 aromatic carbocycles. The summed E-state index contributed by atoms with van der Waals surface area (Å²) in [6, 6.07) is 2.03. The molecule has 86 valence electrons. The molecule has 0 unspecified atom stereocenters. The van der Waals surface area contributed by atoms with Crippen LogP contribution in [0, 0.1) is 22.2 Å². The summed E-state index contributed by atoms with van der Waals surface area (Å²) in [5.41, 5.74) is -0.696. The second-order valence-corrected chi connectivity index (χ2v) is 5.77. The van der Waals surface area contributed by atoms with Gasteiger partial charge in [0, 0.05) is 13.6 Å². The van der Waals surface area contributed by atoms with Crippen LogP contribution in [0.15, 0.2) is 0 Å². The van der Waals surface area contributed by atoms with Crippen molar-refractivity contribution in [3.8, 4) is 6.07 Å². The fourth-order valence-electron chi connectivity index (χ4n) is 1.13. The summed E-state index contributed by atoms with van der Waals surface area (Å²) in [5.74, 6) is -0.103. The summed E-state index contributed by atoms with van der Waals surface area (Å²) in [6.07, 6.45) is 0.941. The highest BCUT2D eigenvalue weighted by Gasteiger charge is 2.30. The van der Waals surface area contributed by atoms with Crippen LogP contribution in [0.1, 0.15) is 41.0 Å². The third kappa shape index (κ3) is 4.83. The molecule has 1 amide bonds. The molecule has 0 spiro atoms. The number of amides is 1. The topological polar surface area (TPSA) is 44.1 Å². The molecule has 0 aliphatic heterocycles. The minimum atomic E-state index is -0.910. The molecule has 0 fully saturated rings. The lowest BCUT2D eigenvalue weighted by molar-refractivity contribution is -0.136. The van der Waals surface area contributed by atoms with Crippen LogP contribution < -0.4 is 0 Å². The largest absolute Gasteiger partial charge is 0.344 e. The van der Waals surface area contributed by atoms with E-state index in [-0.39, 0.29) is 11.3 Å². The maximum atomic E-state index is 11.8. The van der Waals surface area contributed by atoms with E-state index in [0.29, 0.717) is 6.54 Å². The normalized spacial score (nSPS) is 12.1. The highest BCUT2D eigenvalue weighted by Crippen LogP contribution is 2.21. The van der Waals surface area contributed by atoms with E-state index in [4.69, 9.17) is 5.26 Å². The molecule has 15 heavy (non-hydrogen) atoms. The predicted molar refractivity (Wildman–Crippen MR) is 61.1 cm³/mol. The first kappa shape index (κ1) is 14.0. The van der Waals surface area contributed by atoms with Gasteiger partial charge in [0.05, 0.1) is 6.07 Å². The van der Waals surface area contributed by atoms with Crippen LogP contribution in [0.4, 0.5) is 0 Å². The zero-order valence-electron chi connectivity index (χ0n) is 10.7. The van der Waals surface area contributed by atoms with Crippen LogP contribution >= 0.6 is 0 Å². The SMILES string of the molecule is CN(CCC(C)(C)C)C(=O)C(C)(C)C#N. The first-order chi connectivity index (χ1) is 6.60. The fraction of sp³-hybridized carbons (Fsp3) is 0.833. The standard InChI is InChI=1S/C12H22N2O/c1-11(2,3)7-8-14(6)10(15)12(4,5)9-13/h7-8H2,1-6H3. The average molecular weight is 210 g/mol. The minimum Gasteiger partial charge on any atom is -0.344 e. The van der Waals surface area contributed by atoms with Crippen LogP contribution in [-0.2, 0) is 4.79 Å². The van der Waals surface area contributed by atoms with Gasteiger partial charge in [-0.3, -0.25) is 4.79 Å². The number of nitrogens with zero attached hydrogens (tertiary/aromatic N) is 2. The number of carbonyl (C=O) groups is 1. The van der Waals surface area contributed by atoms with Crippen molar-refractivity contribution < 1.29 is 4.79 Å². The summed E-state index contributed by atoms with van der Waals surface area (Å²) in [7, 11) is 1.76. The number of hydrogen-bond donors (Lipinski definition) is 0. The third-order valence-electron chi connectivity index (χ3n) is 2.36. The van der Waals surface area contributed by atoms with Crippen LogP contribution in [0.2, 0.25) is 0 Å². The Morgan fingerprint density at radius 3 is 2.07 bits per heavy atom. The van der Waals surface area contributed by atoms with Gasteiger partial charge in [0.25, 0.3) is 0 Å². The van der Waals surface area contributed by atoms with E-state index in [1.807, 2.05) is 6.07 Å². The summed E-state index contributed by atoms with van der Waals surface area (Å²) < 4.78 is 0. The summed E-state index contributed by atoms with van der Waals surface area (Å²) in [6.45, 7) is 10.4. The second kappa shape index (κ2) is 4.65. The molecule has 0 aromatic rings. The van der Waals surface area contributed by atoms with Crippen molar-refractivity contribution in [2.75, 3.05) is 13.6 Å². The smallest absolute Gasteiger partial charge is 0.242 e. The summed E-state index contributed by atoms with van der Waals surface area (Å²) in [4.78, 5) is 13.5. The van der Waals surface area contributed by atoms with Gasteiger partial charge in [-0.25, -0.2) is 0 Å². The van der Waals surface area contributed by atoms with E-state index in [1.165, 1.54) is 0 Å². The lowest BCUT2D eigenvalue weighted by atomic mass is 9.90. The van der Waals surface area contributed by atoms with Gasteiger partial charge in [0.2, 0.25) is 5.91 Å². The molecule has 0 heterocycles. The van der Waals surface area contributed by atoms with Gasteiger partial charge in [0.1, 0.15) is 5.41 Å². The second-order valence-electron chi connectivity index (χ2n) is 5.77. The van der Waals surface area contributed by atoms with Gasteiger partial charge in [-0.2, -0.15) is 5.26 Å². The highest BCUT2D eigenvalue weighted by molar-refractivity contribution is 5.84. The molecular formula is C12H22N2O. The molecule has 0 saturated heterocycles. The molecule has 0 aromatic heterocycles. The molecule has 0 aliphatic rings. The Balaban J connectivity index is 4.31. The van der Waals surface area contributed by atoms with Crippen molar-refractivity contribution in [2.24, 2.45) is 10.8 Å². The lowest BCUT2D eigenvalue weighted by Gasteiger charge is -2.27. The Labute approximate surface area is 93.1 Å². The number of rotatable bonds is 3. The molecule has 3 nitrogen and oxygen atoms in total. The minimum absolute atomic E-state index is 0.103. The number of carbonyl (C=O) groups excluding carboxylic acids is 1. The monoisotopic (exact) mass is 210 g/mol. The maximum absolute atomic E-state index is 11.8. The molecule has 0 saturated carbocycles. The Hall–Kier alpha value is -1.04. The predicted octanol–water partition coefficient (Wildman–Crippen LogP) is 2.43. The van der Waals surface area contributed by atoms with Crippen molar-refractivity contribution in [1.29, 1.82) is 5.26 Å². The van der Waals surface area contributed by atoms with E-state index >= 15 is 0 Å². The third-order valence-corrected chi connectivity index (χ3v) is 2.36. The van der Waals surface area contributed by atoms with Crippen LogP contribution in [0.25, 0.3) is 0 Å². The Morgan fingerprint density at radius 2 is 1.73 bits per heavy atom. The van der Waals surface area contributed by atoms with E-state index in [2.05, 4.69) is 20.8 Å². The van der Waals surface area contributed by atoms with E-state index in [1.54, 1.807) is 25.8 Å². The maximum Gasteiger partial charge on any atom is 0.242 e. The van der Waals surface area contributed by atoms with Crippen LogP contribution in [0.5, 0.6) is 0 Å². The van der Waals surface area contributed by atoms with Crippen molar-refractivity contribution in [1.82, 2.24) is 4.90 Å². The highest BCUT2D eigenvalue weighted by atomic mass is 16.2. The molecular weight excluding hydrogens is 188 g/mol. The number of nitriles is 1. The quantitative estimate of drug-likeness (QED) is 0.718. The van der Waals surface area contributed by atoms with Gasteiger partial charge in [-0.1, -0.05) is 20.8 Å². The molecule has 0 aliphatic carbocycles. The molecule has 0 rings (SSSR count). The van der Waals surface area contributed by atoms with E-state index < -0.39 is 5.41 Å². The van der Waals surface area contributed by atoms with E-state index in [0.717, 1.165) is 6.42 Å². The lowest BCUT2D eigenvalue weighted by Crippen LogP contribution is -2.39. The average Bonchev–Trinajstić information content (AvgIpc) is 2.11. The summed E-state index contributed by atoms with van der Waals surface area (Å²) in [5, 5.41) is 8.84. The molecule has 0 bridgehead atoms. The fourth-order valence-corrected chi connectivity index (χ4v) is 1.13.